The van der Waals surface area contributed by atoms with E-state index in [9.17, 15) is 9.59 Å². The Morgan fingerprint density at radius 1 is 1.09 bits per heavy atom. The zero-order valence-corrected chi connectivity index (χ0v) is 28.7. The van der Waals surface area contributed by atoms with Crippen molar-refractivity contribution in [2.75, 3.05) is 25.0 Å². The molecule has 0 aromatic heterocycles. The van der Waals surface area contributed by atoms with Gasteiger partial charge in [-0.25, -0.2) is 0 Å². The van der Waals surface area contributed by atoms with Gasteiger partial charge < -0.3 is 10.2 Å². The largest absolute Gasteiger partial charge is 0.320 e. The van der Waals surface area contributed by atoms with Crippen molar-refractivity contribution in [3.05, 3.63) is 23.8 Å². The van der Waals surface area contributed by atoms with E-state index in [-0.39, 0.29) is 5.91 Å². The molecule has 4 fully saturated rings. The molecule has 2 amide bonds. The Labute approximate surface area is 266 Å². The van der Waals surface area contributed by atoms with Gasteiger partial charge in [-0.2, -0.15) is 0 Å². The number of amides is 2. The van der Waals surface area contributed by atoms with Crippen LogP contribution in [-0.2, 0) is 16.0 Å². The van der Waals surface area contributed by atoms with Gasteiger partial charge in [-0.1, -0.05) is 47.0 Å². The third-order valence-electron chi connectivity index (χ3n) is 13.4. The maximum absolute atomic E-state index is 11.3. The number of nitrogens with zero attached hydrogens (tertiary/aromatic N) is 1. The molecule has 1 aliphatic heterocycles. The second kappa shape index (κ2) is 13.8. The molecule has 240 valence electrons. The molecule has 1 heterocycles. The summed E-state index contributed by atoms with van der Waals surface area (Å²) in [6.07, 6.45) is 18.2. The van der Waals surface area contributed by atoms with E-state index in [1.165, 1.54) is 57.0 Å². The van der Waals surface area contributed by atoms with E-state index >= 15 is 0 Å². The molecule has 4 aliphatic carbocycles. The number of rotatable bonds is 8. The van der Waals surface area contributed by atoms with Crippen molar-refractivity contribution in [1.82, 2.24) is 10.0 Å². The third kappa shape index (κ3) is 6.30. The second-order valence-electron chi connectivity index (χ2n) is 15.3. The Hall–Kier alpha value is -1.53. The lowest BCUT2D eigenvalue weighted by Gasteiger charge is -2.63. The summed E-state index contributed by atoms with van der Waals surface area (Å²) in [4.78, 5) is 24.3. The fourth-order valence-corrected chi connectivity index (χ4v) is 12.0. The van der Waals surface area contributed by atoms with Gasteiger partial charge in [-0.05, 0) is 159 Å². The Morgan fingerprint density at radius 2 is 1.88 bits per heavy atom. The van der Waals surface area contributed by atoms with Crippen LogP contribution in [0.5, 0.6) is 0 Å². The molecule has 0 radical (unpaired) electrons. The summed E-state index contributed by atoms with van der Waals surface area (Å²) in [5.41, 5.74) is 3.47. The zero-order valence-electron chi connectivity index (χ0n) is 27.9. The van der Waals surface area contributed by atoms with E-state index in [4.69, 9.17) is 0 Å². The van der Waals surface area contributed by atoms with Crippen LogP contribution in [0.2, 0.25) is 0 Å². The van der Waals surface area contributed by atoms with Crippen molar-refractivity contribution in [1.29, 1.82) is 0 Å². The van der Waals surface area contributed by atoms with E-state index in [1.807, 2.05) is 18.2 Å². The molecule has 6 unspecified atom stereocenters. The van der Waals surface area contributed by atoms with Gasteiger partial charge in [0.2, 0.25) is 12.3 Å². The number of carbonyl (C=O) groups excluding carboxylic acids is 2. The lowest BCUT2D eigenvalue weighted by molar-refractivity contribution is -0.138. The number of anilines is 1. The third-order valence-corrected chi connectivity index (χ3v) is 14.1. The van der Waals surface area contributed by atoms with E-state index in [2.05, 4.69) is 44.8 Å². The predicted molar refractivity (Wildman–Crippen MR) is 180 cm³/mol. The van der Waals surface area contributed by atoms with Crippen molar-refractivity contribution in [2.45, 2.75) is 117 Å². The number of fused-ring (bicyclic) bond motifs is 6. The molecule has 43 heavy (non-hydrogen) atoms. The fraction of sp³-hybridized carbons (Fsp3) is 0.784. The van der Waals surface area contributed by atoms with Crippen LogP contribution >= 0.6 is 11.9 Å². The van der Waals surface area contributed by atoms with Crippen LogP contribution in [-0.4, -0.2) is 32.5 Å². The topological polar surface area (TPSA) is 61.4 Å². The molecule has 6 heteroatoms. The molecule has 1 aromatic carbocycles. The summed E-state index contributed by atoms with van der Waals surface area (Å²) in [7, 11) is 2.12. The Morgan fingerprint density at radius 3 is 2.60 bits per heavy atom. The highest BCUT2D eigenvalue weighted by Gasteiger charge is 2.61. The highest BCUT2D eigenvalue weighted by atomic mass is 32.2. The smallest absolute Gasteiger partial charge is 0.223 e. The van der Waals surface area contributed by atoms with Gasteiger partial charge in [0, 0.05) is 24.1 Å². The van der Waals surface area contributed by atoms with Crippen molar-refractivity contribution in [3.63, 3.8) is 0 Å². The van der Waals surface area contributed by atoms with Gasteiger partial charge in [-0.15, -0.1) is 0 Å². The summed E-state index contributed by atoms with van der Waals surface area (Å²) < 4.78 is 2.55. The number of nitrogens with one attached hydrogen (secondary N) is 2. The molecule has 5 nitrogen and oxygen atoms in total. The van der Waals surface area contributed by atoms with Gasteiger partial charge in [0.15, 0.2) is 0 Å². The standard InChI is InChI=1S/C26H47N.C11H12N2O2S/c1-6-19-17-20-23-11-10-21(18(2)13-16-27-5)26(23,4)15-12-24(20)25(3)14-8-7-9-22(19)25;1-8(15)13-5-4-9-6-10(16-12-7-14)2-3-11(9)13/h18-24,27H,6-17H2,1-5H3;2-3,6-7H,4-5H2,1H3,(H,12,14)/t18-,19+,20?,21?,22?,23?,24+,25?,26?;/m1./s1. The number of carbonyl (C=O) groups is 2. The van der Waals surface area contributed by atoms with Crippen LogP contribution in [0.1, 0.15) is 111 Å². The Bertz CT molecular complexity index is 1130. The van der Waals surface area contributed by atoms with Crippen LogP contribution in [0.15, 0.2) is 23.1 Å². The van der Waals surface area contributed by atoms with E-state index < -0.39 is 0 Å². The second-order valence-corrected chi connectivity index (χ2v) is 16.2. The predicted octanol–water partition coefficient (Wildman–Crippen LogP) is 8.27. The number of hydrogen-bond donors (Lipinski definition) is 2. The van der Waals surface area contributed by atoms with Crippen molar-refractivity contribution in [2.24, 2.45) is 52.3 Å². The quantitative estimate of drug-likeness (QED) is 0.230. The average Bonchev–Trinajstić information content (AvgIpc) is 3.59. The molecular formula is C37H59N3O2S. The first-order valence-corrected chi connectivity index (χ1v) is 18.4. The SMILES string of the molecule is CC(=O)N1CCc2cc(SNC=O)ccc21.CC[C@H]1CC2C3CCC([C@H](C)CCNC)C3(C)CC[C@@H]2C2(C)CCCCC12. The molecule has 1 aromatic rings. The molecule has 5 aliphatic rings. The van der Waals surface area contributed by atoms with Gasteiger partial charge in [0.05, 0.1) is 0 Å². The lowest BCUT2D eigenvalue weighted by Crippen LogP contribution is -2.55. The maximum atomic E-state index is 11.3. The van der Waals surface area contributed by atoms with Crippen LogP contribution in [0.3, 0.4) is 0 Å². The van der Waals surface area contributed by atoms with E-state index in [1.54, 1.807) is 43.9 Å². The Kier molecular flexibility index (Phi) is 10.6. The zero-order chi connectivity index (χ0) is 30.8. The summed E-state index contributed by atoms with van der Waals surface area (Å²) in [6, 6.07) is 5.85. The minimum Gasteiger partial charge on any atom is -0.320 e. The molecule has 2 N–H and O–H groups in total. The van der Waals surface area contributed by atoms with Crippen molar-refractivity contribution in [3.8, 4) is 0 Å². The van der Waals surface area contributed by atoms with Gasteiger partial charge in [0.1, 0.15) is 0 Å². The minimum atomic E-state index is 0.0742. The average molecular weight is 610 g/mol. The highest BCUT2D eigenvalue weighted by Crippen LogP contribution is 2.69. The molecule has 9 atom stereocenters. The lowest BCUT2D eigenvalue weighted by atomic mass is 9.42. The van der Waals surface area contributed by atoms with Crippen LogP contribution in [0.4, 0.5) is 5.69 Å². The number of benzene rings is 1. The Balaban J connectivity index is 0.000000196. The van der Waals surface area contributed by atoms with Gasteiger partial charge >= 0.3 is 0 Å². The highest BCUT2D eigenvalue weighted by molar-refractivity contribution is 7.97. The number of hydrogen-bond acceptors (Lipinski definition) is 4. The van der Waals surface area contributed by atoms with Crippen LogP contribution in [0.25, 0.3) is 0 Å². The van der Waals surface area contributed by atoms with Crippen molar-refractivity contribution >= 4 is 30.0 Å². The first kappa shape index (κ1) is 32.9. The summed E-state index contributed by atoms with van der Waals surface area (Å²) in [5, 5.41) is 3.40. The van der Waals surface area contributed by atoms with E-state index in [0.717, 1.165) is 70.5 Å². The first-order valence-electron chi connectivity index (χ1n) is 17.6. The molecule has 0 bridgehead atoms. The summed E-state index contributed by atoms with van der Waals surface area (Å²) in [6.45, 7) is 14.1. The maximum Gasteiger partial charge on any atom is 0.223 e. The summed E-state index contributed by atoms with van der Waals surface area (Å²) >= 11 is 1.27. The summed E-state index contributed by atoms with van der Waals surface area (Å²) in [5.74, 6) is 7.16. The van der Waals surface area contributed by atoms with Crippen LogP contribution in [0, 0.1) is 52.3 Å². The monoisotopic (exact) mass is 609 g/mol. The van der Waals surface area contributed by atoms with Gasteiger partial charge in [0.25, 0.3) is 0 Å². The minimum absolute atomic E-state index is 0.0742. The van der Waals surface area contributed by atoms with Crippen LogP contribution < -0.4 is 14.9 Å². The van der Waals surface area contributed by atoms with Crippen molar-refractivity contribution < 1.29 is 9.59 Å². The molecule has 6 rings (SSSR count). The van der Waals surface area contributed by atoms with Gasteiger partial charge in [-0.3, -0.25) is 14.3 Å². The molecule has 4 saturated carbocycles. The molecule has 0 spiro atoms. The fourth-order valence-electron chi connectivity index (χ4n) is 11.4. The normalized spacial score (nSPS) is 36.7. The van der Waals surface area contributed by atoms with E-state index in [0.29, 0.717) is 17.2 Å². The molecular weight excluding hydrogens is 550 g/mol. The first-order chi connectivity index (χ1) is 20.7. The molecule has 0 saturated heterocycles.